The first-order valence-electron chi connectivity index (χ1n) is 8.74. The molecule has 1 aliphatic heterocycles. The minimum Gasteiger partial charge on any atom is -0.496 e. The number of para-hydroxylation sites is 1. The topological polar surface area (TPSA) is 85.2 Å². The zero-order valence-corrected chi connectivity index (χ0v) is 15.3. The van der Waals surface area contributed by atoms with E-state index < -0.39 is 23.6 Å². The number of hydrogen-bond donors (Lipinski definition) is 2. The standard InChI is InChI=1S/C20H16F2N4O3/c1-29-17-5-3-2-4-12(17)13-10-23-26-16(9-18(27)25-19(13)26)20(28)24-11-6-7-14(21)15(22)8-11/h2-8,10,16H,9H2,1H3,(H,24,28)(H,25,27). The second-order valence-corrected chi connectivity index (χ2v) is 6.44. The molecule has 2 N–H and O–H groups in total. The largest absolute Gasteiger partial charge is 0.496 e. The number of fused-ring (bicyclic) bond motifs is 1. The van der Waals surface area contributed by atoms with Gasteiger partial charge in [-0.15, -0.1) is 0 Å². The summed E-state index contributed by atoms with van der Waals surface area (Å²) < 4.78 is 33.3. The number of nitrogens with zero attached hydrogens (tertiary/aromatic N) is 2. The number of rotatable bonds is 4. The summed E-state index contributed by atoms with van der Waals surface area (Å²) in [5.74, 6) is -2.08. The third kappa shape index (κ3) is 3.42. The predicted molar refractivity (Wildman–Crippen MR) is 101 cm³/mol. The van der Waals surface area contributed by atoms with Gasteiger partial charge in [0.2, 0.25) is 11.8 Å². The highest BCUT2D eigenvalue weighted by molar-refractivity contribution is 6.03. The van der Waals surface area contributed by atoms with Crippen LogP contribution in [0.3, 0.4) is 0 Å². The Morgan fingerprint density at radius 2 is 2.00 bits per heavy atom. The Labute approximate surface area is 164 Å². The highest BCUT2D eigenvalue weighted by Gasteiger charge is 2.33. The Kier molecular flexibility index (Phi) is 4.71. The highest BCUT2D eigenvalue weighted by atomic mass is 19.2. The second kappa shape index (κ2) is 7.34. The number of carbonyl (C=O) groups is 2. The molecule has 1 unspecified atom stereocenters. The van der Waals surface area contributed by atoms with Crippen LogP contribution in [0.2, 0.25) is 0 Å². The molecule has 3 aromatic rings. The first kappa shape index (κ1) is 18.6. The van der Waals surface area contributed by atoms with E-state index in [4.69, 9.17) is 4.74 Å². The molecule has 29 heavy (non-hydrogen) atoms. The molecule has 0 saturated carbocycles. The first-order chi connectivity index (χ1) is 14.0. The fraction of sp³-hybridized carbons (Fsp3) is 0.150. The van der Waals surface area contributed by atoms with Gasteiger partial charge in [0.1, 0.15) is 17.6 Å². The zero-order chi connectivity index (χ0) is 20.5. The summed E-state index contributed by atoms with van der Waals surface area (Å²) in [5, 5.41) is 9.51. The van der Waals surface area contributed by atoms with E-state index in [0.717, 1.165) is 12.1 Å². The van der Waals surface area contributed by atoms with Gasteiger partial charge in [-0.2, -0.15) is 5.10 Å². The smallest absolute Gasteiger partial charge is 0.249 e. The van der Waals surface area contributed by atoms with Gasteiger partial charge in [0.25, 0.3) is 0 Å². The van der Waals surface area contributed by atoms with E-state index >= 15 is 0 Å². The summed E-state index contributed by atoms with van der Waals surface area (Å²) in [7, 11) is 1.53. The average molecular weight is 398 g/mol. The second-order valence-electron chi connectivity index (χ2n) is 6.44. The van der Waals surface area contributed by atoms with Crippen LogP contribution in [0.15, 0.2) is 48.7 Å². The van der Waals surface area contributed by atoms with Gasteiger partial charge < -0.3 is 15.4 Å². The molecule has 0 fully saturated rings. The average Bonchev–Trinajstić information content (AvgIpc) is 3.13. The van der Waals surface area contributed by atoms with Gasteiger partial charge in [0, 0.05) is 22.9 Å². The van der Waals surface area contributed by atoms with Crippen molar-refractivity contribution >= 4 is 23.3 Å². The molecule has 0 radical (unpaired) electrons. The monoisotopic (exact) mass is 398 g/mol. The fourth-order valence-corrected chi connectivity index (χ4v) is 3.24. The summed E-state index contributed by atoms with van der Waals surface area (Å²) in [6.45, 7) is 0. The van der Waals surface area contributed by atoms with Crippen LogP contribution in [0.5, 0.6) is 5.75 Å². The van der Waals surface area contributed by atoms with E-state index in [1.807, 2.05) is 18.2 Å². The van der Waals surface area contributed by atoms with Crippen molar-refractivity contribution in [2.24, 2.45) is 0 Å². The third-order valence-electron chi connectivity index (χ3n) is 4.61. The Balaban J connectivity index is 1.68. The van der Waals surface area contributed by atoms with E-state index in [1.54, 1.807) is 6.07 Å². The fourth-order valence-electron chi connectivity index (χ4n) is 3.24. The number of methoxy groups -OCH3 is 1. The summed E-state index contributed by atoms with van der Waals surface area (Å²) in [6.07, 6.45) is 1.40. The Morgan fingerprint density at radius 3 is 2.76 bits per heavy atom. The van der Waals surface area contributed by atoms with E-state index in [9.17, 15) is 18.4 Å². The van der Waals surface area contributed by atoms with Crippen LogP contribution in [0.4, 0.5) is 20.3 Å². The highest BCUT2D eigenvalue weighted by Crippen LogP contribution is 2.38. The van der Waals surface area contributed by atoms with Gasteiger partial charge in [-0.25, -0.2) is 13.5 Å². The van der Waals surface area contributed by atoms with Crippen molar-refractivity contribution in [1.82, 2.24) is 9.78 Å². The number of aromatic nitrogens is 2. The van der Waals surface area contributed by atoms with Gasteiger partial charge in [-0.3, -0.25) is 9.59 Å². The van der Waals surface area contributed by atoms with Crippen LogP contribution in [0.25, 0.3) is 11.1 Å². The van der Waals surface area contributed by atoms with Crippen LogP contribution in [-0.4, -0.2) is 28.7 Å². The Morgan fingerprint density at radius 1 is 1.21 bits per heavy atom. The number of benzene rings is 2. The molecule has 0 bridgehead atoms. The summed E-state index contributed by atoms with van der Waals surface area (Å²) in [6, 6.07) is 9.30. The molecule has 0 aliphatic carbocycles. The Hall–Kier alpha value is -3.75. The number of nitrogens with one attached hydrogen (secondary N) is 2. The maximum atomic E-state index is 13.4. The van der Waals surface area contributed by atoms with Crippen LogP contribution in [-0.2, 0) is 9.59 Å². The first-order valence-corrected chi connectivity index (χ1v) is 8.74. The molecule has 1 aromatic heterocycles. The molecule has 1 aliphatic rings. The zero-order valence-electron chi connectivity index (χ0n) is 15.3. The van der Waals surface area contributed by atoms with Crippen LogP contribution >= 0.6 is 0 Å². The van der Waals surface area contributed by atoms with E-state index in [1.165, 1.54) is 24.1 Å². The number of halogens is 2. The number of hydrogen-bond acceptors (Lipinski definition) is 4. The number of amides is 2. The van der Waals surface area contributed by atoms with E-state index in [0.29, 0.717) is 22.7 Å². The van der Waals surface area contributed by atoms with Crippen molar-refractivity contribution in [3.05, 3.63) is 60.3 Å². The lowest BCUT2D eigenvalue weighted by Crippen LogP contribution is -2.35. The summed E-state index contributed by atoms with van der Waals surface area (Å²) >= 11 is 0. The van der Waals surface area contributed by atoms with Gasteiger partial charge >= 0.3 is 0 Å². The molecule has 2 heterocycles. The predicted octanol–water partition coefficient (Wildman–Crippen LogP) is 3.36. The molecule has 4 rings (SSSR count). The number of anilines is 2. The summed E-state index contributed by atoms with van der Waals surface area (Å²) in [5.41, 5.74) is 1.39. The van der Waals surface area contributed by atoms with Gasteiger partial charge in [-0.05, 0) is 18.2 Å². The minimum absolute atomic E-state index is 0.0820. The SMILES string of the molecule is COc1ccccc1-c1cnn2c1NC(=O)CC2C(=O)Nc1ccc(F)c(F)c1. The lowest BCUT2D eigenvalue weighted by Gasteiger charge is -2.24. The Bertz CT molecular complexity index is 1110. The molecule has 2 amide bonds. The van der Waals surface area contributed by atoms with Crippen molar-refractivity contribution in [2.75, 3.05) is 17.7 Å². The van der Waals surface area contributed by atoms with Gasteiger partial charge in [0.15, 0.2) is 11.6 Å². The molecule has 0 spiro atoms. The number of ether oxygens (including phenoxy) is 1. The van der Waals surface area contributed by atoms with Crippen LogP contribution < -0.4 is 15.4 Å². The van der Waals surface area contributed by atoms with Crippen LogP contribution in [0, 0.1) is 11.6 Å². The van der Waals surface area contributed by atoms with Crippen molar-refractivity contribution < 1.29 is 23.1 Å². The van der Waals surface area contributed by atoms with Crippen molar-refractivity contribution in [3.63, 3.8) is 0 Å². The third-order valence-corrected chi connectivity index (χ3v) is 4.61. The molecular formula is C20H16F2N4O3. The lowest BCUT2D eigenvalue weighted by atomic mass is 10.1. The minimum atomic E-state index is -1.08. The molecular weight excluding hydrogens is 382 g/mol. The molecule has 9 heteroatoms. The molecule has 0 saturated heterocycles. The maximum Gasteiger partial charge on any atom is 0.249 e. The normalized spacial score (nSPS) is 15.4. The van der Waals surface area contributed by atoms with Gasteiger partial charge in [-0.1, -0.05) is 18.2 Å². The quantitative estimate of drug-likeness (QED) is 0.706. The molecule has 2 aromatic carbocycles. The summed E-state index contributed by atoms with van der Waals surface area (Å²) in [4.78, 5) is 25.0. The lowest BCUT2D eigenvalue weighted by molar-refractivity contribution is -0.125. The molecule has 1 atom stereocenters. The molecule has 7 nitrogen and oxygen atoms in total. The van der Waals surface area contributed by atoms with E-state index in [2.05, 4.69) is 15.7 Å². The maximum absolute atomic E-state index is 13.4. The van der Waals surface area contributed by atoms with Crippen molar-refractivity contribution in [3.8, 4) is 16.9 Å². The van der Waals surface area contributed by atoms with Crippen molar-refractivity contribution in [1.29, 1.82) is 0 Å². The van der Waals surface area contributed by atoms with Crippen molar-refractivity contribution in [2.45, 2.75) is 12.5 Å². The number of carbonyl (C=O) groups excluding carboxylic acids is 2. The molecule has 148 valence electrons. The van der Waals surface area contributed by atoms with Crippen LogP contribution in [0.1, 0.15) is 12.5 Å². The van der Waals surface area contributed by atoms with E-state index in [-0.39, 0.29) is 18.0 Å². The van der Waals surface area contributed by atoms with Gasteiger partial charge in [0.05, 0.1) is 19.7 Å².